The van der Waals surface area contributed by atoms with Crippen LogP contribution < -0.4 is 10.6 Å². The number of pyridine rings is 1. The highest BCUT2D eigenvalue weighted by atomic mass is 35.5. The molecule has 6 heteroatoms. The molecule has 5 nitrogen and oxygen atoms in total. The van der Waals surface area contributed by atoms with Crippen molar-refractivity contribution < 1.29 is 9.21 Å². The van der Waals surface area contributed by atoms with Crippen LogP contribution in [0, 0.1) is 13.8 Å². The van der Waals surface area contributed by atoms with Crippen molar-refractivity contribution in [2.75, 3.05) is 12.4 Å². The molecule has 0 bridgehead atoms. The van der Waals surface area contributed by atoms with E-state index >= 15 is 0 Å². The van der Waals surface area contributed by atoms with Crippen molar-refractivity contribution in [2.24, 2.45) is 0 Å². The Balaban J connectivity index is 2.14. The molecular weight excluding hydrogens is 290 g/mol. The van der Waals surface area contributed by atoms with Crippen molar-refractivity contribution in [1.29, 1.82) is 0 Å². The van der Waals surface area contributed by atoms with Crippen molar-refractivity contribution in [3.05, 3.63) is 46.0 Å². The van der Waals surface area contributed by atoms with E-state index < -0.39 is 0 Å². The molecule has 2 aromatic rings. The second-order valence-corrected chi connectivity index (χ2v) is 5.28. The molecule has 1 unspecified atom stereocenters. The summed E-state index contributed by atoms with van der Waals surface area (Å²) >= 11 is 6.04. The summed E-state index contributed by atoms with van der Waals surface area (Å²) < 4.78 is 5.48. The van der Waals surface area contributed by atoms with Gasteiger partial charge in [-0.3, -0.25) is 4.79 Å². The van der Waals surface area contributed by atoms with Crippen molar-refractivity contribution in [2.45, 2.75) is 26.8 Å². The number of amides is 1. The summed E-state index contributed by atoms with van der Waals surface area (Å²) in [6.45, 7) is 5.67. The number of carbonyl (C=O) groups excluding carboxylic acids is 1. The minimum absolute atomic E-state index is 0.155. The number of anilines is 1. The lowest BCUT2D eigenvalue weighted by Crippen LogP contribution is -2.27. The fourth-order valence-electron chi connectivity index (χ4n) is 2.18. The smallest absolute Gasteiger partial charge is 0.253 e. The lowest BCUT2D eigenvalue weighted by Gasteiger charge is -2.13. The molecule has 2 rings (SSSR count). The summed E-state index contributed by atoms with van der Waals surface area (Å²) in [4.78, 5) is 16.3. The lowest BCUT2D eigenvalue weighted by atomic mass is 10.1. The van der Waals surface area contributed by atoms with E-state index in [0.29, 0.717) is 16.4 Å². The van der Waals surface area contributed by atoms with Crippen LogP contribution in [-0.4, -0.2) is 17.9 Å². The summed E-state index contributed by atoms with van der Waals surface area (Å²) in [5.74, 6) is 1.95. The molecule has 2 N–H and O–H groups in total. The van der Waals surface area contributed by atoms with E-state index in [-0.39, 0.29) is 11.9 Å². The Hall–Kier alpha value is -2.01. The van der Waals surface area contributed by atoms with Gasteiger partial charge in [0.25, 0.3) is 5.91 Å². The topological polar surface area (TPSA) is 67.2 Å². The monoisotopic (exact) mass is 307 g/mol. The van der Waals surface area contributed by atoms with Crippen LogP contribution in [0.1, 0.15) is 40.4 Å². The molecule has 0 radical (unpaired) electrons. The predicted molar refractivity (Wildman–Crippen MR) is 82.9 cm³/mol. The third kappa shape index (κ3) is 3.36. The van der Waals surface area contributed by atoms with Gasteiger partial charge in [0.05, 0.1) is 16.6 Å². The second-order valence-electron chi connectivity index (χ2n) is 4.87. The molecule has 2 heterocycles. The van der Waals surface area contributed by atoms with Crippen LogP contribution in [0.3, 0.4) is 0 Å². The van der Waals surface area contributed by atoms with Gasteiger partial charge >= 0.3 is 0 Å². The number of rotatable bonds is 4. The Morgan fingerprint density at radius 1 is 1.38 bits per heavy atom. The van der Waals surface area contributed by atoms with Crippen LogP contribution in [0.2, 0.25) is 5.02 Å². The van der Waals surface area contributed by atoms with Gasteiger partial charge in [0.15, 0.2) is 0 Å². The van der Waals surface area contributed by atoms with Gasteiger partial charge in [-0.15, -0.1) is 0 Å². The fourth-order valence-corrected chi connectivity index (χ4v) is 2.44. The van der Waals surface area contributed by atoms with Crippen LogP contribution in [-0.2, 0) is 0 Å². The quantitative estimate of drug-likeness (QED) is 0.907. The average molecular weight is 308 g/mol. The van der Waals surface area contributed by atoms with E-state index in [4.69, 9.17) is 16.0 Å². The third-order valence-electron chi connectivity index (χ3n) is 3.23. The number of carbonyl (C=O) groups is 1. The Morgan fingerprint density at radius 2 is 2.10 bits per heavy atom. The molecule has 0 aliphatic carbocycles. The van der Waals surface area contributed by atoms with Crippen molar-refractivity contribution in [1.82, 2.24) is 10.3 Å². The molecular formula is C15H18ClN3O2. The zero-order chi connectivity index (χ0) is 15.6. The fraction of sp³-hybridized carbons (Fsp3) is 0.333. The number of furan rings is 1. The maximum Gasteiger partial charge on any atom is 0.253 e. The first-order valence-corrected chi connectivity index (χ1v) is 7.01. The van der Waals surface area contributed by atoms with Gasteiger partial charge in [0.2, 0.25) is 0 Å². The zero-order valence-corrected chi connectivity index (χ0v) is 13.2. The zero-order valence-electron chi connectivity index (χ0n) is 12.5. The molecule has 1 amide bonds. The molecule has 0 aliphatic rings. The summed E-state index contributed by atoms with van der Waals surface area (Å²) in [5, 5.41) is 6.17. The lowest BCUT2D eigenvalue weighted by molar-refractivity contribution is 0.0939. The number of aryl methyl sites for hydroxylation is 2. The van der Waals surface area contributed by atoms with Gasteiger partial charge in [-0.1, -0.05) is 11.6 Å². The Labute approximate surface area is 128 Å². The van der Waals surface area contributed by atoms with Crippen LogP contribution in [0.4, 0.5) is 5.82 Å². The van der Waals surface area contributed by atoms with Gasteiger partial charge in [-0.2, -0.15) is 0 Å². The summed E-state index contributed by atoms with van der Waals surface area (Å²) in [6.07, 6.45) is 1.49. The summed E-state index contributed by atoms with van der Waals surface area (Å²) in [7, 11) is 1.72. The Morgan fingerprint density at radius 3 is 2.62 bits per heavy atom. The molecule has 0 aliphatic heterocycles. The van der Waals surface area contributed by atoms with Crippen molar-refractivity contribution in [3.8, 4) is 0 Å². The SMILES string of the molecule is CNc1ncc(C(=O)NC(C)c2cc(C)oc2C)cc1Cl. The molecule has 0 fully saturated rings. The van der Waals surface area contributed by atoms with E-state index in [9.17, 15) is 4.79 Å². The minimum atomic E-state index is -0.224. The van der Waals surface area contributed by atoms with Gasteiger partial charge in [-0.05, 0) is 32.9 Å². The van der Waals surface area contributed by atoms with Crippen LogP contribution in [0.25, 0.3) is 0 Å². The molecule has 21 heavy (non-hydrogen) atoms. The van der Waals surface area contributed by atoms with Gasteiger partial charge < -0.3 is 15.1 Å². The van der Waals surface area contributed by atoms with Crippen LogP contribution in [0.15, 0.2) is 22.7 Å². The first-order valence-electron chi connectivity index (χ1n) is 6.63. The van der Waals surface area contributed by atoms with Crippen LogP contribution in [0.5, 0.6) is 0 Å². The van der Waals surface area contributed by atoms with Gasteiger partial charge in [0.1, 0.15) is 17.3 Å². The largest absolute Gasteiger partial charge is 0.466 e. The third-order valence-corrected chi connectivity index (χ3v) is 3.52. The van der Waals surface area contributed by atoms with E-state index in [1.165, 1.54) is 6.20 Å². The predicted octanol–water partition coefficient (Wildman–Crippen LogP) is 3.48. The normalized spacial score (nSPS) is 12.0. The van der Waals surface area contributed by atoms with Gasteiger partial charge in [-0.25, -0.2) is 4.98 Å². The highest BCUT2D eigenvalue weighted by Crippen LogP contribution is 2.23. The van der Waals surface area contributed by atoms with Crippen molar-refractivity contribution >= 4 is 23.3 Å². The molecule has 0 saturated heterocycles. The van der Waals surface area contributed by atoms with Gasteiger partial charge in [0, 0.05) is 18.8 Å². The van der Waals surface area contributed by atoms with Crippen molar-refractivity contribution in [3.63, 3.8) is 0 Å². The number of halogens is 1. The number of hydrogen-bond acceptors (Lipinski definition) is 4. The summed E-state index contributed by atoms with van der Waals surface area (Å²) in [6, 6.07) is 3.36. The number of nitrogens with zero attached hydrogens (tertiary/aromatic N) is 1. The highest BCUT2D eigenvalue weighted by Gasteiger charge is 2.17. The number of hydrogen-bond donors (Lipinski definition) is 2. The number of nitrogens with one attached hydrogen (secondary N) is 2. The maximum absolute atomic E-state index is 12.2. The standard InChI is InChI=1S/C15H18ClN3O2/c1-8-5-12(10(3)21-8)9(2)19-15(20)11-6-13(16)14(17-4)18-7-11/h5-7,9H,1-4H3,(H,17,18)(H,19,20). The maximum atomic E-state index is 12.2. The Kier molecular flexibility index (Phi) is 4.53. The van der Waals surface area contributed by atoms with E-state index in [0.717, 1.165) is 17.1 Å². The van der Waals surface area contributed by atoms with E-state index in [1.807, 2.05) is 26.8 Å². The Bertz CT molecular complexity index is 667. The van der Waals surface area contributed by atoms with E-state index in [1.54, 1.807) is 13.1 Å². The molecule has 2 aromatic heterocycles. The molecule has 0 aromatic carbocycles. The average Bonchev–Trinajstić information content (AvgIpc) is 2.77. The summed E-state index contributed by atoms with van der Waals surface area (Å²) in [5.41, 5.74) is 1.38. The molecule has 112 valence electrons. The molecule has 0 saturated carbocycles. The highest BCUT2D eigenvalue weighted by molar-refractivity contribution is 6.33. The van der Waals surface area contributed by atoms with E-state index in [2.05, 4.69) is 15.6 Å². The molecule has 1 atom stereocenters. The minimum Gasteiger partial charge on any atom is -0.466 e. The van der Waals surface area contributed by atoms with Crippen LogP contribution >= 0.6 is 11.6 Å². The first kappa shape index (κ1) is 15.4. The number of aromatic nitrogens is 1. The molecule has 0 spiro atoms. The second kappa shape index (κ2) is 6.18. The first-order chi connectivity index (χ1) is 9.92.